The first-order valence-corrected chi connectivity index (χ1v) is 12.7. The lowest BCUT2D eigenvalue weighted by Gasteiger charge is -2.41. The maximum absolute atomic E-state index is 13.5. The Morgan fingerprint density at radius 2 is 2.08 bits per heavy atom. The zero-order chi connectivity index (χ0) is 26.3. The van der Waals surface area contributed by atoms with E-state index in [1.165, 1.54) is 0 Å². The van der Waals surface area contributed by atoms with Crippen LogP contribution in [0, 0.1) is 0 Å². The normalized spacial score (nSPS) is 28.2. The van der Waals surface area contributed by atoms with E-state index in [1.54, 1.807) is 44.2 Å². The molecule has 0 spiro atoms. The molecule has 1 saturated carbocycles. The van der Waals surface area contributed by atoms with Crippen LogP contribution in [-0.2, 0) is 5.60 Å². The first-order valence-electron chi connectivity index (χ1n) is 12.7. The number of hydrogen-bond acceptors (Lipinski definition) is 6. The molecule has 37 heavy (non-hydrogen) atoms. The van der Waals surface area contributed by atoms with Gasteiger partial charge in [-0.15, -0.1) is 0 Å². The molecule has 0 radical (unpaired) electrons. The summed E-state index contributed by atoms with van der Waals surface area (Å²) in [5.74, 6) is -0.0947. The van der Waals surface area contributed by atoms with Gasteiger partial charge in [-0.1, -0.05) is 6.07 Å². The Kier molecular flexibility index (Phi) is 7.06. The third kappa shape index (κ3) is 5.40. The zero-order valence-corrected chi connectivity index (χ0v) is 20.9. The summed E-state index contributed by atoms with van der Waals surface area (Å²) in [5, 5.41) is 13.4. The summed E-state index contributed by atoms with van der Waals surface area (Å²) in [6, 6.07) is 7.91. The number of benzene rings is 1. The van der Waals surface area contributed by atoms with Crippen molar-refractivity contribution in [2.45, 2.75) is 75.9 Å². The molecule has 1 saturated heterocycles. The van der Waals surface area contributed by atoms with E-state index in [9.17, 15) is 23.1 Å². The van der Waals surface area contributed by atoms with Crippen LogP contribution in [0.2, 0.25) is 0 Å². The number of carbonyl (C=O) groups excluding carboxylic acids is 1. The monoisotopic (exact) mass is 519 g/mol. The Bertz CT molecular complexity index is 1160. The van der Waals surface area contributed by atoms with Gasteiger partial charge in [-0.05, 0) is 57.4 Å². The van der Waals surface area contributed by atoms with Gasteiger partial charge in [0.2, 0.25) is 5.88 Å². The average molecular weight is 520 g/mol. The number of carbonyl (C=O) groups is 1. The molecule has 3 aliphatic rings. The Balaban J connectivity index is 1.28. The number of hydrogen-bond donors (Lipinski definition) is 2. The van der Waals surface area contributed by atoms with Crippen LogP contribution in [-0.4, -0.2) is 59.4 Å². The third-order valence-corrected chi connectivity index (χ3v) is 7.81. The summed E-state index contributed by atoms with van der Waals surface area (Å²) in [4.78, 5) is 19.5. The van der Waals surface area contributed by atoms with Crippen LogP contribution in [0.4, 0.5) is 13.2 Å². The fraction of sp³-hybridized carbons (Fsp3) is 0.556. The van der Waals surface area contributed by atoms with Crippen molar-refractivity contribution in [3.8, 4) is 11.6 Å². The van der Waals surface area contributed by atoms with Gasteiger partial charge in [0.1, 0.15) is 11.9 Å². The van der Waals surface area contributed by atoms with Crippen LogP contribution in [0.25, 0.3) is 0 Å². The van der Waals surface area contributed by atoms with Crippen LogP contribution in [0.5, 0.6) is 11.6 Å². The minimum absolute atomic E-state index is 0.0929. The van der Waals surface area contributed by atoms with Gasteiger partial charge in [-0.2, -0.15) is 8.78 Å². The highest BCUT2D eigenvalue weighted by molar-refractivity contribution is 5.95. The van der Waals surface area contributed by atoms with Crippen molar-refractivity contribution in [2.24, 2.45) is 0 Å². The lowest BCUT2D eigenvalue weighted by Crippen LogP contribution is -2.42. The number of amides is 1. The van der Waals surface area contributed by atoms with E-state index < -0.39 is 30.3 Å². The van der Waals surface area contributed by atoms with Crippen LogP contribution >= 0.6 is 0 Å². The van der Waals surface area contributed by atoms with Crippen molar-refractivity contribution >= 4 is 5.91 Å². The summed E-state index contributed by atoms with van der Waals surface area (Å²) < 4.78 is 50.3. The van der Waals surface area contributed by atoms with E-state index >= 15 is 0 Å². The van der Waals surface area contributed by atoms with E-state index in [0.717, 1.165) is 19.4 Å². The van der Waals surface area contributed by atoms with Crippen molar-refractivity contribution in [2.75, 3.05) is 19.7 Å². The molecule has 0 unspecified atom stereocenters. The second-order valence-electron chi connectivity index (χ2n) is 10.5. The highest BCUT2D eigenvalue weighted by atomic mass is 19.3. The summed E-state index contributed by atoms with van der Waals surface area (Å²) in [6.45, 7) is 1.85. The minimum atomic E-state index is -3.06. The molecule has 2 fully saturated rings. The van der Waals surface area contributed by atoms with Crippen LogP contribution < -0.4 is 14.8 Å². The number of fused-ring (bicyclic) bond motifs is 1. The predicted octanol–water partition coefficient (Wildman–Crippen LogP) is 4.45. The average Bonchev–Trinajstić information content (AvgIpc) is 3.23. The molecule has 3 atom stereocenters. The molecule has 1 aromatic heterocycles. The van der Waals surface area contributed by atoms with Gasteiger partial charge in [-0.3, -0.25) is 9.69 Å². The maximum atomic E-state index is 13.5. The van der Waals surface area contributed by atoms with Crippen molar-refractivity contribution in [1.29, 1.82) is 0 Å². The molecular formula is C27H32F3N3O4. The van der Waals surface area contributed by atoms with Crippen molar-refractivity contribution in [3.05, 3.63) is 52.7 Å². The van der Waals surface area contributed by atoms with E-state index in [2.05, 4.69) is 15.2 Å². The number of nitrogens with one attached hydrogen (secondary N) is 1. The van der Waals surface area contributed by atoms with Crippen molar-refractivity contribution in [1.82, 2.24) is 15.2 Å². The first kappa shape index (κ1) is 25.8. The number of nitrogens with zero attached hydrogens (tertiary/aromatic N) is 2. The van der Waals surface area contributed by atoms with Crippen molar-refractivity contribution < 1.29 is 32.5 Å². The van der Waals surface area contributed by atoms with Gasteiger partial charge in [0, 0.05) is 53.9 Å². The maximum Gasteiger partial charge on any atom is 0.388 e. The zero-order valence-electron chi connectivity index (χ0n) is 20.9. The number of rotatable bonds is 7. The summed E-state index contributed by atoms with van der Waals surface area (Å²) in [6.07, 6.45) is 1.84. The quantitative estimate of drug-likeness (QED) is 0.562. The number of ether oxygens (including phenoxy) is 2. The van der Waals surface area contributed by atoms with Gasteiger partial charge in [-0.25, -0.2) is 9.37 Å². The molecule has 2 aromatic rings. The molecule has 2 aliphatic heterocycles. The molecule has 200 valence electrons. The third-order valence-electron chi connectivity index (χ3n) is 7.81. The predicted molar refractivity (Wildman–Crippen MR) is 130 cm³/mol. The lowest BCUT2D eigenvalue weighted by molar-refractivity contribution is -0.0539. The molecule has 10 heteroatoms. The van der Waals surface area contributed by atoms with Gasteiger partial charge < -0.3 is 19.9 Å². The number of pyridine rings is 1. The molecule has 7 nitrogen and oxygen atoms in total. The van der Waals surface area contributed by atoms with E-state index in [0.29, 0.717) is 54.1 Å². The molecule has 5 rings (SSSR count). The standard InChI is InChI=1S/C27H32F3N3O4/c1-15(31-24(34)16-3-5-21-23(13-16)36-10-8-27(21,2)35)20-4-6-22(32-25(20)37-26(29)30)17-11-19(12-17)33-9-7-18(28)14-33/h3-6,13,15,17-19,26,35H,7-12,14H2,1-2H3,(H,31,34)/t15-,17?,18+,19?,27+/m0/s1. The summed E-state index contributed by atoms with van der Waals surface area (Å²) >= 11 is 0. The van der Waals surface area contributed by atoms with Gasteiger partial charge in [0.05, 0.1) is 18.2 Å². The van der Waals surface area contributed by atoms with Crippen LogP contribution in [0.1, 0.15) is 78.7 Å². The molecule has 1 amide bonds. The summed E-state index contributed by atoms with van der Waals surface area (Å²) in [7, 11) is 0. The molecular weight excluding hydrogens is 487 g/mol. The molecule has 2 N–H and O–H groups in total. The second kappa shape index (κ2) is 10.1. The second-order valence-corrected chi connectivity index (χ2v) is 10.5. The number of aliphatic hydroxyl groups is 1. The van der Waals surface area contributed by atoms with E-state index in [1.807, 2.05) is 0 Å². The smallest absolute Gasteiger partial charge is 0.388 e. The number of alkyl halides is 3. The van der Waals surface area contributed by atoms with Gasteiger partial charge in [0.15, 0.2) is 0 Å². The SMILES string of the molecule is C[C@H](NC(=O)c1ccc2c(c1)OCC[C@@]2(C)O)c1ccc(C2CC(N3CC[C@@H](F)C3)C2)nc1OC(F)F. The van der Waals surface area contributed by atoms with Crippen molar-refractivity contribution in [3.63, 3.8) is 0 Å². The molecule has 0 bridgehead atoms. The number of halogens is 3. The number of aromatic nitrogens is 1. The lowest BCUT2D eigenvalue weighted by atomic mass is 9.77. The molecule has 1 aromatic carbocycles. The van der Waals surface area contributed by atoms with Crippen LogP contribution in [0.3, 0.4) is 0 Å². The Morgan fingerprint density at radius 1 is 1.30 bits per heavy atom. The summed E-state index contributed by atoms with van der Waals surface area (Å²) in [5.41, 5.74) is 0.898. The molecule has 1 aliphatic carbocycles. The van der Waals surface area contributed by atoms with E-state index in [-0.39, 0.29) is 17.8 Å². The minimum Gasteiger partial charge on any atom is -0.493 e. The molecule has 3 heterocycles. The van der Waals surface area contributed by atoms with Gasteiger partial charge >= 0.3 is 6.61 Å². The highest BCUT2D eigenvalue weighted by Crippen LogP contribution is 2.42. The van der Waals surface area contributed by atoms with Crippen LogP contribution in [0.15, 0.2) is 30.3 Å². The van der Waals surface area contributed by atoms with E-state index in [4.69, 9.17) is 9.47 Å². The fourth-order valence-electron chi connectivity index (χ4n) is 5.48. The topological polar surface area (TPSA) is 83.9 Å². The fourth-order valence-corrected chi connectivity index (χ4v) is 5.48. The Labute approximate surface area is 214 Å². The largest absolute Gasteiger partial charge is 0.493 e. The Morgan fingerprint density at radius 3 is 2.78 bits per heavy atom. The highest BCUT2D eigenvalue weighted by Gasteiger charge is 2.39. The Hall–Kier alpha value is -2.85. The van der Waals surface area contributed by atoms with Gasteiger partial charge in [0.25, 0.3) is 5.91 Å². The first-order chi connectivity index (χ1) is 17.6. The number of likely N-dealkylation sites (tertiary alicyclic amines) is 1.